The number of pyridine rings is 1. The molecule has 2 N–H and O–H groups in total. The van der Waals surface area contributed by atoms with Gasteiger partial charge in [-0.2, -0.15) is 13.2 Å². The third-order valence-electron chi connectivity index (χ3n) is 3.65. The molecule has 0 bridgehead atoms. The van der Waals surface area contributed by atoms with Gasteiger partial charge in [-0.15, -0.1) is 0 Å². The second-order valence-electron chi connectivity index (χ2n) is 5.38. The van der Waals surface area contributed by atoms with Crippen LogP contribution in [-0.2, 0) is 6.18 Å². The molecule has 0 aliphatic heterocycles. The lowest BCUT2D eigenvalue weighted by Crippen LogP contribution is -2.20. The van der Waals surface area contributed by atoms with E-state index in [1.165, 1.54) is 19.2 Å². The maximum atomic E-state index is 12.6. The molecule has 3 aromatic rings. The van der Waals surface area contributed by atoms with Crippen LogP contribution in [-0.4, -0.2) is 18.1 Å². The highest BCUT2D eigenvalue weighted by molar-refractivity contribution is 6.03. The predicted molar refractivity (Wildman–Crippen MR) is 92.4 cm³/mol. The van der Waals surface area contributed by atoms with Crippen LogP contribution >= 0.6 is 0 Å². The van der Waals surface area contributed by atoms with Crippen molar-refractivity contribution in [3.63, 3.8) is 0 Å². The molecule has 0 aliphatic rings. The summed E-state index contributed by atoms with van der Waals surface area (Å²) in [6, 6.07) is 10.6. The Morgan fingerprint density at radius 2 is 1.77 bits per heavy atom. The van der Waals surface area contributed by atoms with Crippen molar-refractivity contribution >= 4 is 28.3 Å². The van der Waals surface area contributed by atoms with Crippen molar-refractivity contribution in [2.24, 2.45) is 0 Å². The minimum absolute atomic E-state index is 0.230. The first kappa shape index (κ1) is 17.5. The van der Waals surface area contributed by atoms with Crippen LogP contribution in [0.25, 0.3) is 10.9 Å². The molecule has 0 saturated carbocycles. The molecule has 8 heteroatoms. The highest BCUT2D eigenvalue weighted by Crippen LogP contribution is 2.32. The van der Waals surface area contributed by atoms with Crippen molar-refractivity contribution in [3.8, 4) is 5.75 Å². The minimum atomic E-state index is -4.42. The van der Waals surface area contributed by atoms with Crippen LogP contribution in [0.1, 0.15) is 5.56 Å². The Balaban J connectivity index is 1.77. The molecule has 0 radical (unpaired) electrons. The van der Waals surface area contributed by atoms with Crippen molar-refractivity contribution in [1.82, 2.24) is 4.98 Å². The van der Waals surface area contributed by atoms with E-state index in [9.17, 15) is 18.0 Å². The number of methoxy groups -OCH3 is 1. The molecular formula is C18H14F3N3O2. The number of aromatic nitrogens is 1. The molecule has 2 aromatic carbocycles. The third-order valence-corrected chi connectivity index (χ3v) is 3.65. The molecule has 2 amide bonds. The van der Waals surface area contributed by atoms with Gasteiger partial charge in [0.25, 0.3) is 0 Å². The number of rotatable bonds is 3. The summed E-state index contributed by atoms with van der Waals surface area (Å²) in [5, 5.41) is 5.93. The fraction of sp³-hybridized carbons (Fsp3) is 0.111. The SMILES string of the molecule is COc1c(NC(=O)Nc2ccc(C(F)(F)F)cc2)ccc2cccnc12. The second kappa shape index (κ2) is 6.91. The van der Waals surface area contributed by atoms with Gasteiger partial charge >= 0.3 is 12.2 Å². The average Bonchev–Trinajstić information content (AvgIpc) is 2.61. The van der Waals surface area contributed by atoms with E-state index in [1.807, 2.05) is 6.07 Å². The molecule has 0 unspecified atom stereocenters. The lowest BCUT2D eigenvalue weighted by Gasteiger charge is -2.13. The summed E-state index contributed by atoms with van der Waals surface area (Å²) in [7, 11) is 1.46. The fourth-order valence-electron chi connectivity index (χ4n) is 2.45. The zero-order chi connectivity index (χ0) is 18.7. The van der Waals surface area contributed by atoms with Gasteiger partial charge in [0.15, 0.2) is 5.75 Å². The van der Waals surface area contributed by atoms with Gasteiger partial charge in [-0.25, -0.2) is 4.79 Å². The summed E-state index contributed by atoms with van der Waals surface area (Å²) in [5.41, 5.74) is 0.421. The van der Waals surface area contributed by atoms with E-state index in [-0.39, 0.29) is 5.69 Å². The normalized spacial score (nSPS) is 11.2. The van der Waals surface area contributed by atoms with Gasteiger partial charge in [-0.1, -0.05) is 12.1 Å². The highest BCUT2D eigenvalue weighted by Gasteiger charge is 2.30. The summed E-state index contributed by atoms with van der Waals surface area (Å²) in [4.78, 5) is 16.4. The molecule has 0 aliphatic carbocycles. The number of hydrogen-bond acceptors (Lipinski definition) is 3. The molecule has 134 valence electrons. The van der Waals surface area contributed by atoms with E-state index in [1.54, 1.807) is 24.4 Å². The van der Waals surface area contributed by atoms with E-state index in [0.29, 0.717) is 17.0 Å². The number of urea groups is 1. The lowest BCUT2D eigenvalue weighted by molar-refractivity contribution is -0.137. The number of amides is 2. The summed E-state index contributed by atoms with van der Waals surface area (Å²) in [6.07, 6.45) is -2.82. The molecule has 0 atom stereocenters. The fourth-order valence-corrected chi connectivity index (χ4v) is 2.45. The van der Waals surface area contributed by atoms with Gasteiger partial charge in [0, 0.05) is 17.3 Å². The number of anilines is 2. The van der Waals surface area contributed by atoms with Gasteiger partial charge in [-0.05, 0) is 36.4 Å². The maximum Gasteiger partial charge on any atom is 0.416 e. The lowest BCUT2D eigenvalue weighted by atomic mass is 10.2. The Labute approximate surface area is 146 Å². The molecule has 1 heterocycles. The van der Waals surface area contributed by atoms with Crippen molar-refractivity contribution in [3.05, 3.63) is 60.3 Å². The Kier molecular flexibility index (Phi) is 4.66. The number of ether oxygens (including phenoxy) is 1. The van der Waals surface area contributed by atoms with Crippen LogP contribution in [0.5, 0.6) is 5.75 Å². The average molecular weight is 361 g/mol. The van der Waals surface area contributed by atoms with E-state index in [0.717, 1.165) is 17.5 Å². The van der Waals surface area contributed by atoms with Crippen molar-refractivity contribution in [2.75, 3.05) is 17.7 Å². The predicted octanol–water partition coefficient (Wildman–Crippen LogP) is 4.91. The van der Waals surface area contributed by atoms with E-state index in [2.05, 4.69) is 15.6 Å². The van der Waals surface area contributed by atoms with Crippen LogP contribution in [0, 0.1) is 0 Å². The zero-order valence-electron chi connectivity index (χ0n) is 13.6. The van der Waals surface area contributed by atoms with Gasteiger partial charge in [0.1, 0.15) is 5.52 Å². The van der Waals surface area contributed by atoms with Crippen molar-refractivity contribution in [1.29, 1.82) is 0 Å². The van der Waals surface area contributed by atoms with E-state index in [4.69, 9.17) is 4.74 Å². The summed E-state index contributed by atoms with van der Waals surface area (Å²) in [5.74, 6) is 0.394. The number of alkyl halides is 3. The van der Waals surface area contributed by atoms with Crippen LogP contribution in [0.4, 0.5) is 29.3 Å². The molecule has 3 rings (SSSR count). The molecule has 26 heavy (non-hydrogen) atoms. The number of benzene rings is 2. The number of carbonyl (C=O) groups is 1. The third kappa shape index (κ3) is 3.69. The molecule has 5 nitrogen and oxygen atoms in total. The standard InChI is InChI=1S/C18H14F3N3O2/c1-26-16-14(9-4-11-3-2-10-22-15(11)16)24-17(25)23-13-7-5-12(6-8-13)18(19,20)21/h2-10H,1H3,(H2,23,24,25). The number of fused-ring (bicyclic) bond motifs is 1. The summed E-state index contributed by atoms with van der Waals surface area (Å²) >= 11 is 0. The number of nitrogens with zero attached hydrogens (tertiary/aromatic N) is 1. The molecule has 0 fully saturated rings. The topological polar surface area (TPSA) is 63.2 Å². The van der Waals surface area contributed by atoms with Crippen LogP contribution < -0.4 is 15.4 Å². The van der Waals surface area contributed by atoms with Crippen molar-refractivity contribution < 1.29 is 22.7 Å². The van der Waals surface area contributed by atoms with Crippen molar-refractivity contribution in [2.45, 2.75) is 6.18 Å². The first-order valence-electron chi connectivity index (χ1n) is 7.55. The quantitative estimate of drug-likeness (QED) is 0.697. The zero-order valence-corrected chi connectivity index (χ0v) is 13.6. The van der Waals surface area contributed by atoms with Crippen LogP contribution in [0.3, 0.4) is 0 Å². The molecule has 1 aromatic heterocycles. The monoisotopic (exact) mass is 361 g/mol. The number of halogens is 3. The Bertz CT molecular complexity index is 941. The Morgan fingerprint density at radius 3 is 2.42 bits per heavy atom. The maximum absolute atomic E-state index is 12.6. The van der Waals surface area contributed by atoms with E-state index < -0.39 is 17.8 Å². The smallest absolute Gasteiger partial charge is 0.416 e. The first-order valence-corrected chi connectivity index (χ1v) is 7.55. The Hall–Kier alpha value is -3.29. The minimum Gasteiger partial charge on any atom is -0.492 e. The number of hydrogen-bond donors (Lipinski definition) is 2. The first-order chi connectivity index (χ1) is 12.4. The van der Waals surface area contributed by atoms with Crippen LogP contribution in [0.15, 0.2) is 54.7 Å². The van der Waals surface area contributed by atoms with Gasteiger partial charge in [0.2, 0.25) is 0 Å². The largest absolute Gasteiger partial charge is 0.492 e. The molecular weight excluding hydrogens is 347 g/mol. The second-order valence-corrected chi connectivity index (χ2v) is 5.38. The number of nitrogens with one attached hydrogen (secondary N) is 2. The van der Waals surface area contributed by atoms with Gasteiger partial charge < -0.3 is 15.4 Å². The molecule has 0 saturated heterocycles. The summed E-state index contributed by atoms with van der Waals surface area (Å²) < 4.78 is 43.0. The van der Waals surface area contributed by atoms with Crippen LogP contribution in [0.2, 0.25) is 0 Å². The Morgan fingerprint density at radius 1 is 1.04 bits per heavy atom. The van der Waals surface area contributed by atoms with Gasteiger partial charge in [0.05, 0.1) is 18.4 Å². The van der Waals surface area contributed by atoms with E-state index >= 15 is 0 Å². The summed E-state index contributed by atoms with van der Waals surface area (Å²) in [6.45, 7) is 0. The highest BCUT2D eigenvalue weighted by atomic mass is 19.4. The number of carbonyl (C=O) groups excluding carboxylic acids is 1. The van der Waals surface area contributed by atoms with Gasteiger partial charge in [-0.3, -0.25) is 4.98 Å². The molecule has 0 spiro atoms.